The molecule has 2 unspecified atom stereocenters. The number of nitrogens with one attached hydrogen (secondary N) is 1. The number of rotatable bonds is 1. The van der Waals surface area contributed by atoms with Crippen molar-refractivity contribution in [3.63, 3.8) is 0 Å². The lowest BCUT2D eigenvalue weighted by molar-refractivity contribution is -0.137. The van der Waals surface area contributed by atoms with Gasteiger partial charge >= 0.3 is 0 Å². The largest absolute Gasteiger partial charge is 0.295 e. The molecule has 0 spiro atoms. The summed E-state index contributed by atoms with van der Waals surface area (Å²) >= 11 is 0. The van der Waals surface area contributed by atoms with E-state index >= 15 is 0 Å². The normalized spacial score (nSPS) is 29.3. The summed E-state index contributed by atoms with van der Waals surface area (Å²) in [7, 11) is 0. The molecule has 1 aliphatic heterocycles. The highest BCUT2D eigenvalue weighted by Crippen LogP contribution is 2.22. The van der Waals surface area contributed by atoms with E-state index in [-0.39, 0.29) is 11.8 Å². The molecule has 0 saturated carbocycles. The predicted molar refractivity (Wildman–Crippen MR) is 40.7 cm³/mol. The second-order valence-corrected chi connectivity index (χ2v) is 2.89. The van der Waals surface area contributed by atoms with Crippen LogP contribution in [0.25, 0.3) is 0 Å². The van der Waals surface area contributed by atoms with Crippen molar-refractivity contribution in [1.82, 2.24) is 5.32 Å². The van der Waals surface area contributed by atoms with Crippen LogP contribution < -0.4 is 5.32 Å². The minimum absolute atomic E-state index is 0.101. The Morgan fingerprint density at radius 3 is 2.83 bits per heavy atom. The number of piperidine rings is 1. The Morgan fingerprint density at radius 1 is 1.67 bits per heavy atom. The molecular weight excluding hydrogens is 156 g/mol. The summed E-state index contributed by atoms with van der Waals surface area (Å²) in [4.78, 5) is 21.9. The first kappa shape index (κ1) is 8.72. The Kier molecular flexibility index (Phi) is 2.44. The van der Waals surface area contributed by atoms with Gasteiger partial charge in [-0.2, -0.15) is 5.26 Å². The van der Waals surface area contributed by atoms with Crippen molar-refractivity contribution in [3.8, 4) is 6.07 Å². The van der Waals surface area contributed by atoms with Crippen molar-refractivity contribution in [2.75, 3.05) is 0 Å². The number of hydrogen-bond donors (Lipinski definition) is 1. The molecule has 64 valence electrons. The Morgan fingerprint density at radius 2 is 2.33 bits per heavy atom. The zero-order chi connectivity index (χ0) is 9.14. The Balaban J connectivity index is 2.78. The van der Waals surface area contributed by atoms with E-state index in [2.05, 4.69) is 5.32 Å². The van der Waals surface area contributed by atoms with E-state index in [1.54, 1.807) is 0 Å². The molecular formula is C8H10N2O2. The predicted octanol–water partition coefficient (Wildman–Crippen LogP) is 0.199. The molecule has 1 aliphatic rings. The second-order valence-electron chi connectivity index (χ2n) is 2.89. The van der Waals surface area contributed by atoms with Crippen LogP contribution >= 0.6 is 0 Å². The molecule has 1 heterocycles. The Labute approximate surface area is 70.6 Å². The lowest BCUT2D eigenvalue weighted by Gasteiger charge is -2.23. The molecule has 0 aromatic heterocycles. The van der Waals surface area contributed by atoms with E-state index in [1.807, 2.05) is 13.0 Å². The van der Waals surface area contributed by atoms with Gasteiger partial charge in [-0.3, -0.25) is 14.9 Å². The fraction of sp³-hybridized carbons (Fsp3) is 0.625. The summed E-state index contributed by atoms with van der Waals surface area (Å²) in [5, 5.41) is 10.8. The molecule has 2 atom stereocenters. The fourth-order valence-electron chi connectivity index (χ4n) is 1.38. The van der Waals surface area contributed by atoms with Gasteiger partial charge in [0.05, 0.1) is 6.07 Å². The van der Waals surface area contributed by atoms with Gasteiger partial charge < -0.3 is 0 Å². The van der Waals surface area contributed by atoms with E-state index in [1.165, 1.54) is 0 Å². The fourth-order valence-corrected chi connectivity index (χ4v) is 1.38. The average Bonchev–Trinajstić information content (AvgIpc) is 2.03. The average molecular weight is 166 g/mol. The first-order valence-electron chi connectivity index (χ1n) is 3.92. The van der Waals surface area contributed by atoms with E-state index in [4.69, 9.17) is 5.26 Å². The van der Waals surface area contributed by atoms with Gasteiger partial charge in [-0.25, -0.2) is 0 Å². The minimum Gasteiger partial charge on any atom is -0.295 e. The van der Waals surface area contributed by atoms with Gasteiger partial charge in [-0.1, -0.05) is 13.3 Å². The van der Waals surface area contributed by atoms with Crippen LogP contribution in [0.5, 0.6) is 0 Å². The highest BCUT2D eigenvalue weighted by Gasteiger charge is 2.34. The van der Waals surface area contributed by atoms with E-state index in [0.29, 0.717) is 12.8 Å². The maximum Gasteiger partial charge on any atom is 0.244 e. The third kappa shape index (κ3) is 1.45. The first-order valence-corrected chi connectivity index (χ1v) is 3.92. The second kappa shape index (κ2) is 3.35. The molecule has 12 heavy (non-hydrogen) atoms. The van der Waals surface area contributed by atoms with Gasteiger partial charge in [0.2, 0.25) is 11.8 Å². The van der Waals surface area contributed by atoms with Crippen LogP contribution in [0, 0.1) is 23.2 Å². The zero-order valence-electron chi connectivity index (χ0n) is 6.83. The molecule has 1 rings (SSSR count). The molecule has 0 aromatic carbocycles. The maximum absolute atomic E-state index is 11.1. The highest BCUT2D eigenvalue weighted by molar-refractivity contribution is 6.00. The van der Waals surface area contributed by atoms with Gasteiger partial charge in [-0.05, 0) is 5.92 Å². The SMILES string of the molecule is CCC1CC(=O)NC(=O)C1C#N. The molecule has 1 N–H and O–H groups in total. The lowest BCUT2D eigenvalue weighted by Crippen LogP contribution is -2.45. The van der Waals surface area contributed by atoms with Crippen LogP contribution in [-0.2, 0) is 9.59 Å². The zero-order valence-corrected chi connectivity index (χ0v) is 6.83. The molecule has 0 bridgehead atoms. The van der Waals surface area contributed by atoms with Crippen LogP contribution in [-0.4, -0.2) is 11.8 Å². The summed E-state index contributed by atoms with van der Waals surface area (Å²) in [6.07, 6.45) is 0.984. The number of carbonyl (C=O) groups excluding carboxylic acids is 2. The molecule has 1 fully saturated rings. The monoisotopic (exact) mass is 166 g/mol. The number of nitrogens with zero attached hydrogens (tertiary/aromatic N) is 1. The summed E-state index contributed by atoms with van der Waals surface area (Å²) in [6, 6.07) is 1.91. The van der Waals surface area contributed by atoms with Crippen LogP contribution in [0.2, 0.25) is 0 Å². The summed E-state index contributed by atoms with van der Waals surface area (Å²) in [5.74, 6) is -1.46. The molecule has 0 aliphatic carbocycles. The van der Waals surface area contributed by atoms with Crippen molar-refractivity contribution in [1.29, 1.82) is 5.26 Å². The molecule has 2 amide bonds. The molecule has 0 aromatic rings. The Hall–Kier alpha value is -1.37. The summed E-state index contributed by atoms with van der Waals surface area (Å²) < 4.78 is 0. The summed E-state index contributed by atoms with van der Waals surface area (Å²) in [5.41, 5.74) is 0. The van der Waals surface area contributed by atoms with Crippen molar-refractivity contribution >= 4 is 11.8 Å². The summed E-state index contributed by atoms with van der Waals surface area (Å²) in [6.45, 7) is 1.88. The van der Waals surface area contributed by atoms with Crippen molar-refractivity contribution in [3.05, 3.63) is 0 Å². The van der Waals surface area contributed by atoms with Crippen LogP contribution in [0.4, 0.5) is 0 Å². The van der Waals surface area contributed by atoms with E-state index < -0.39 is 11.8 Å². The van der Waals surface area contributed by atoms with Crippen molar-refractivity contribution in [2.45, 2.75) is 19.8 Å². The quantitative estimate of drug-likeness (QED) is 0.565. The third-order valence-electron chi connectivity index (χ3n) is 2.13. The van der Waals surface area contributed by atoms with E-state index in [0.717, 1.165) is 0 Å². The lowest BCUT2D eigenvalue weighted by atomic mass is 9.85. The maximum atomic E-state index is 11.1. The van der Waals surface area contributed by atoms with Gasteiger partial charge in [0.15, 0.2) is 0 Å². The van der Waals surface area contributed by atoms with Crippen LogP contribution in [0.3, 0.4) is 0 Å². The van der Waals surface area contributed by atoms with Gasteiger partial charge in [-0.15, -0.1) is 0 Å². The molecule has 0 radical (unpaired) electrons. The molecule has 4 heteroatoms. The first-order chi connectivity index (χ1) is 5.69. The smallest absolute Gasteiger partial charge is 0.244 e. The minimum atomic E-state index is -0.646. The number of imide groups is 1. The van der Waals surface area contributed by atoms with Crippen molar-refractivity contribution < 1.29 is 9.59 Å². The number of amides is 2. The standard InChI is InChI=1S/C8H10N2O2/c1-2-5-3-7(11)10-8(12)6(5)4-9/h5-6H,2-3H2,1H3,(H,10,11,12). The number of carbonyl (C=O) groups is 2. The number of nitriles is 1. The van der Waals surface area contributed by atoms with Crippen LogP contribution in [0.15, 0.2) is 0 Å². The molecule has 4 nitrogen and oxygen atoms in total. The van der Waals surface area contributed by atoms with Gasteiger partial charge in [0, 0.05) is 6.42 Å². The molecule has 1 saturated heterocycles. The highest BCUT2D eigenvalue weighted by atomic mass is 16.2. The Bertz CT molecular complexity index is 254. The van der Waals surface area contributed by atoms with E-state index in [9.17, 15) is 9.59 Å². The van der Waals surface area contributed by atoms with Crippen LogP contribution in [0.1, 0.15) is 19.8 Å². The number of hydrogen-bond acceptors (Lipinski definition) is 3. The third-order valence-corrected chi connectivity index (χ3v) is 2.13. The van der Waals surface area contributed by atoms with Gasteiger partial charge in [0.1, 0.15) is 5.92 Å². The topological polar surface area (TPSA) is 70.0 Å². The van der Waals surface area contributed by atoms with Crippen molar-refractivity contribution in [2.24, 2.45) is 11.8 Å². The van der Waals surface area contributed by atoms with Gasteiger partial charge in [0.25, 0.3) is 0 Å².